The van der Waals surface area contributed by atoms with Gasteiger partial charge in [0.1, 0.15) is 5.75 Å². The number of methoxy groups -OCH3 is 1. The van der Waals surface area contributed by atoms with Crippen LogP contribution in [0.4, 0.5) is 5.82 Å². The zero-order chi connectivity index (χ0) is 24.7. The summed E-state index contributed by atoms with van der Waals surface area (Å²) in [6.07, 6.45) is 4.97. The molecule has 0 radical (unpaired) electrons. The summed E-state index contributed by atoms with van der Waals surface area (Å²) in [4.78, 5) is 27.4. The van der Waals surface area contributed by atoms with Crippen molar-refractivity contribution in [1.29, 1.82) is 0 Å². The van der Waals surface area contributed by atoms with E-state index >= 15 is 0 Å². The van der Waals surface area contributed by atoms with Gasteiger partial charge in [0.25, 0.3) is 5.91 Å². The number of pyridine rings is 1. The Kier molecular flexibility index (Phi) is 7.73. The molecule has 0 bridgehead atoms. The SMILES string of the molecule is COc1ccc2ncc(OCCCN3CCC(CNCc4ccc5c(n4)NC(=O)CO5)CC3)nc2c1. The third-order valence-corrected chi connectivity index (χ3v) is 6.57. The normalized spacial score (nSPS) is 16.3. The number of rotatable bonds is 10. The van der Waals surface area contributed by atoms with Gasteiger partial charge in [0.05, 0.1) is 36.6 Å². The summed E-state index contributed by atoms with van der Waals surface area (Å²) in [5, 5.41) is 6.28. The van der Waals surface area contributed by atoms with Gasteiger partial charge < -0.3 is 29.7 Å². The minimum Gasteiger partial charge on any atom is -0.497 e. The van der Waals surface area contributed by atoms with Crippen LogP contribution in [0.5, 0.6) is 17.4 Å². The number of hydrogen-bond acceptors (Lipinski definition) is 9. The molecule has 2 aromatic heterocycles. The maximum Gasteiger partial charge on any atom is 0.263 e. The molecule has 36 heavy (non-hydrogen) atoms. The molecule has 2 N–H and O–H groups in total. The summed E-state index contributed by atoms with van der Waals surface area (Å²) in [5.74, 6) is 2.93. The van der Waals surface area contributed by atoms with Crippen LogP contribution in [0.15, 0.2) is 36.5 Å². The quantitative estimate of drug-likeness (QED) is 0.413. The first-order valence-corrected chi connectivity index (χ1v) is 12.5. The summed E-state index contributed by atoms with van der Waals surface area (Å²) in [6.45, 7) is 5.51. The van der Waals surface area contributed by atoms with E-state index in [2.05, 4.69) is 30.5 Å². The van der Waals surface area contributed by atoms with Crippen molar-refractivity contribution in [3.05, 3.63) is 42.2 Å². The Morgan fingerprint density at radius 3 is 2.92 bits per heavy atom. The fraction of sp³-hybridized carbons (Fsp3) is 0.462. The Labute approximate surface area is 210 Å². The summed E-state index contributed by atoms with van der Waals surface area (Å²) in [6, 6.07) is 9.44. The van der Waals surface area contributed by atoms with Crippen molar-refractivity contribution < 1.29 is 19.0 Å². The van der Waals surface area contributed by atoms with Gasteiger partial charge in [-0.25, -0.2) is 15.0 Å². The lowest BCUT2D eigenvalue weighted by Crippen LogP contribution is -2.38. The van der Waals surface area contributed by atoms with Crippen molar-refractivity contribution in [2.45, 2.75) is 25.8 Å². The maximum atomic E-state index is 11.5. The lowest BCUT2D eigenvalue weighted by Gasteiger charge is -2.32. The Morgan fingerprint density at radius 2 is 2.06 bits per heavy atom. The van der Waals surface area contributed by atoms with E-state index in [4.69, 9.17) is 14.2 Å². The smallest absolute Gasteiger partial charge is 0.263 e. The standard InChI is InChI=1S/C26H32N6O4/c1-34-20-4-5-21-22(13-20)30-25(16-28-21)35-12-2-9-32-10-7-18(8-11-32)14-27-15-19-3-6-23-26(29-19)31-24(33)17-36-23/h3-6,13,16,18,27H,2,7-12,14-15,17H2,1H3,(H,29,31,33). The van der Waals surface area contributed by atoms with Crippen molar-refractivity contribution in [2.24, 2.45) is 5.92 Å². The highest BCUT2D eigenvalue weighted by Crippen LogP contribution is 2.25. The third kappa shape index (κ3) is 6.19. The maximum absolute atomic E-state index is 11.5. The zero-order valence-electron chi connectivity index (χ0n) is 20.5. The van der Waals surface area contributed by atoms with Crippen LogP contribution in [0.1, 0.15) is 25.0 Å². The van der Waals surface area contributed by atoms with Crippen molar-refractivity contribution in [2.75, 3.05) is 51.8 Å². The van der Waals surface area contributed by atoms with Gasteiger partial charge >= 0.3 is 0 Å². The number of amides is 1. The first-order chi connectivity index (χ1) is 17.7. The lowest BCUT2D eigenvalue weighted by molar-refractivity contribution is -0.118. The molecule has 5 rings (SSSR count). The van der Waals surface area contributed by atoms with Gasteiger partial charge in [-0.05, 0) is 69.1 Å². The van der Waals surface area contributed by atoms with E-state index in [1.54, 1.807) is 13.3 Å². The van der Waals surface area contributed by atoms with Crippen LogP contribution in [0.2, 0.25) is 0 Å². The lowest BCUT2D eigenvalue weighted by atomic mass is 9.96. The zero-order valence-corrected chi connectivity index (χ0v) is 20.5. The van der Waals surface area contributed by atoms with E-state index in [0.717, 1.165) is 55.1 Å². The largest absolute Gasteiger partial charge is 0.497 e. The van der Waals surface area contributed by atoms with Crippen LogP contribution in [0.25, 0.3) is 11.0 Å². The summed E-state index contributed by atoms with van der Waals surface area (Å²) in [7, 11) is 1.64. The van der Waals surface area contributed by atoms with Crippen LogP contribution in [0, 0.1) is 5.92 Å². The molecule has 0 spiro atoms. The average Bonchev–Trinajstić information content (AvgIpc) is 2.91. The number of fused-ring (bicyclic) bond motifs is 2. The number of ether oxygens (including phenoxy) is 3. The fourth-order valence-corrected chi connectivity index (χ4v) is 4.56. The average molecular weight is 493 g/mol. The number of aromatic nitrogens is 3. The number of benzene rings is 1. The first kappa shape index (κ1) is 24.2. The van der Waals surface area contributed by atoms with Crippen LogP contribution in [0.3, 0.4) is 0 Å². The van der Waals surface area contributed by atoms with Crippen molar-refractivity contribution in [1.82, 2.24) is 25.2 Å². The van der Waals surface area contributed by atoms with Crippen LogP contribution in [-0.2, 0) is 11.3 Å². The molecule has 2 aliphatic heterocycles. The topological polar surface area (TPSA) is 111 Å². The van der Waals surface area contributed by atoms with Gasteiger partial charge in [-0.3, -0.25) is 4.79 Å². The van der Waals surface area contributed by atoms with Crippen molar-refractivity contribution >= 4 is 22.8 Å². The Balaban J connectivity index is 0.977. The number of hydrogen-bond donors (Lipinski definition) is 2. The number of likely N-dealkylation sites (tertiary alicyclic amines) is 1. The molecule has 0 saturated carbocycles. The van der Waals surface area contributed by atoms with E-state index in [-0.39, 0.29) is 12.5 Å². The number of nitrogens with one attached hydrogen (secondary N) is 2. The molecule has 4 heterocycles. The van der Waals surface area contributed by atoms with Crippen LogP contribution in [-0.4, -0.2) is 72.3 Å². The van der Waals surface area contributed by atoms with E-state index < -0.39 is 0 Å². The molecule has 3 aromatic rings. The van der Waals surface area contributed by atoms with E-state index in [1.807, 2.05) is 30.3 Å². The molecular weight excluding hydrogens is 460 g/mol. The molecule has 10 heteroatoms. The van der Waals surface area contributed by atoms with Gasteiger partial charge in [0.2, 0.25) is 5.88 Å². The second kappa shape index (κ2) is 11.5. The molecule has 1 aromatic carbocycles. The first-order valence-electron chi connectivity index (χ1n) is 12.5. The van der Waals surface area contributed by atoms with E-state index in [9.17, 15) is 4.79 Å². The van der Waals surface area contributed by atoms with Crippen molar-refractivity contribution in [3.8, 4) is 17.4 Å². The van der Waals surface area contributed by atoms with Gasteiger partial charge in [0, 0.05) is 19.2 Å². The second-order valence-electron chi connectivity index (χ2n) is 9.17. The molecule has 1 fully saturated rings. The molecule has 2 aliphatic rings. The van der Waals surface area contributed by atoms with Crippen LogP contribution >= 0.6 is 0 Å². The summed E-state index contributed by atoms with van der Waals surface area (Å²) >= 11 is 0. The minimum atomic E-state index is -0.165. The highest BCUT2D eigenvalue weighted by molar-refractivity contribution is 5.94. The highest BCUT2D eigenvalue weighted by atomic mass is 16.5. The van der Waals surface area contributed by atoms with E-state index in [0.29, 0.717) is 36.5 Å². The number of anilines is 1. The predicted molar refractivity (Wildman–Crippen MR) is 135 cm³/mol. The molecule has 10 nitrogen and oxygen atoms in total. The molecule has 0 aliphatic carbocycles. The molecule has 0 unspecified atom stereocenters. The number of piperidine rings is 1. The van der Waals surface area contributed by atoms with Gasteiger partial charge in [-0.15, -0.1) is 0 Å². The minimum absolute atomic E-state index is 0.0488. The number of carbonyl (C=O) groups excluding carboxylic acids is 1. The van der Waals surface area contributed by atoms with Gasteiger partial charge in [0.15, 0.2) is 18.2 Å². The fourth-order valence-electron chi connectivity index (χ4n) is 4.56. The molecule has 1 saturated heterocycles. The molecule has 0 atom stereocenters. The monoisotopic (exact) mass is 492 g/mol. The third-order valence-electron chi connectivity index (χ3n) is 6.57. The molecule has 190 valence electrons. The summed E-state index contributed by atoms with van der Waals surface area (Å²) < 4.78 is 16.5. The highest BCUT2D eigenvalue weighted by Gasteiger charge is 2.20. The second-order valence-corrected chi connectivity index (χ2v) is 9.17. The number of nitrogens with zero attached hydrogens (tertiary/aromatic N) is 4. The van der Waals surface area contributed by atoms with E-state index in [1.165, 1.54) is 12.8 Å². The van der Waals surface area contributed by atoms with Gasteiger partial charge in [-0.2, -0.15) is 0 Å². The Bertz CT molecular complexity index is 1200. The summed E-state index contributed by atoms with van der Waals surface area (Å²) in [5.41, 5.74) is 2.49. The number of carbonyl (C=O) groups is 1. The molecule has 1 amide bonds. The Hall–Kier alpha value is -3.50. The van der Waals surface area contributed by atoms with Gasteiger partial charge in [-0.1, -0.05) is 0 Å². The van der Waals surface area contributed by atoms with Crippen molar-refractivity contribution in [3.63, 3.8) is 0 Å². The Morgan fingerprint density at radius 1 is 1.17 bits per heavy atom. The predicted octanol–water partition coefficient (Wildman–Crippen LogP) is 2.64. The van der Waals surface area contributed by atoms with Crippen LogP contribution < -0.4 is 24.8 Å². The molecular formula is C26H32N6O4.